The Hall–Kier alpha value is -2.89. The molecule has 1 atom stereocenters. The number of carbonyl (C=O) groups excluding carboxylic acids is 2. The topological polar surface area (TPSA) is 67.4 Å². The van der Waals surface area contributed by atoms with Crippen LogP contribution < -0.4 is 15.4 Å². The van der Waals surface area contributed by atoms with Crippen LogP contribution in [0.3, 0.4) is 0 Å². The molecular weight excluding hydrogens is 359 g/mol. The number of unbranched alkanes of at least 4 members (excludes halogenated alkanes) is 1. The number of amides is 2. The number of halogens is 1. The molecule has 0 aliphatic carbocycles. The van der Waals surface area contributed by atoms with Crippen LogP contribution in [0.2, 0.25) is 0 Å². The summed E-state index contributed by atoms with van der Waals surface area (Å²) in [5.74, 6) is 0.142. The van der Waals surface area contributed by atoms with Gasteiger partial charge < -0.3 is 15.4 Å². The second-order valence-corrected chi connectivity index (χ2v) is 6.95. The highest BCUT2D eigenvalue weighted by Crippen LogP contribution is 2.27. The first-order chi connectivity index (χ1) is 13.6. The molecule has 2 amide bonds. The van der Waals surface area contributed by atoms with Crippen LogP contribution in [0, 0.1) is 11.7 Å². The van der Waals surface area contributed by atoms with Crippen LogP contribution >= 0.6 is 0 Å². The van der Waals surface area contributed by atoms with Crippen molar-refractivity contribution >= 4 is 17.5 Å². The van der Waals surface area contributed by atoms with Gasteiger partial charge in [0.25, 0.3) is 0 Å². The minimum atomic E-state index is -0.287. The van der Waals surface area contributed by atoms with E-state index >= 15 is 0 Å². The van der Waals surface area contributed by atoms with Crippen LogP contribution in [-0.4, -0.2) is 25.0 Å². The Labute approximate surface area is 164 Å². The summed E-state index contributed by atoms with van der Waals surface area (Å²) in [4.78, 5) is 24.2. The maximum Gasteiger partial charge on any atom is 0.227 e. The molecule has 2 aromatic rings. The van der Waals surface area contributed by atoms with E-state index < -0.39 is 0 Å². The molecule has 1 heterocycles. The van der Waals surface area contributed by atoms with Gasteiger partial charge in [0.15, 0.2) is 0 Å². The Morgan fingerprint density at radius 1 is 1.14 bits per heavy atom. The molecule has 3 rings (SSSR count). The van der Waals surface area contributed by atoms with Crippen molar-refractivity contribution in [3.8, 4) is 5.75 Å². The summed E-state index contributed by atoms with van der Waals surface area (Å²) in [6, 6.07) is 13.7. The van der Waals surface area contributed by atoms with Crippen molar-refractivity contribution in [2.45, 2.75) is 32.1 Å². The molecule has 0 saturated heterocycles. The summed E-state index contributed by atoms with van der Waals surface area (Å²) >= 11 is 0. The van der Waals surface area contributed by atoms with E-state index in [1.165, 1.54) is 12.1 Å². The molecule has 1 aliphatic heterocycles. The van der Waals surface area contributed by atoms with Crippen LogP contribution in [0.5, 0.6) is 5.75 Å². The highest BCUT2D eigenvalue weighted by molar-refractivity contribution is 5.96. The minimum Gasteiger partial charge on any atom is -0.494 e. The van der Waals surface area contributed by atoms with Crippen molar-refractivity contribution in [3.63, 3.8) is 0 Å². The smallest absolute Gasteiger partial charge is 0.227 e. The summed E-state index contributed by atoms with van der Waals surface area (Å²) in [7, 11) is 0. The van der Waals surface area contributed by atoms with E-state index in [0.717, 1.165) is 24.1 Å². The lowest BCUT2D eigenvalue weighted by Crippen LogP contribution is -2.32. The van der Waals surface area contributed by atoms with Gasteiger partial charge in [-0.25, -0.2) is 4.39 Å². The zero-order valence-corrected chi connectivity index (χ0v) is 15.7. The highest BCUT2D eigenvalue weighted by atomic mass is 19.1. The molecule has 0 bridgehead atoms. The Kier molecular flexibility index (Phi) is 7.00. The number of anilines is 1. The number of hydrogen-bond donors (Lipinski definition) is 2. The molecule has 0 fully saturated rings. The van der Waals surface area contributed by atoms with Gasteiger partial charge in [-0.15, -0.1) is 0 Å². The third-order valence-electron chi connectivity index (χ3n) is 4.81. The third-order valence-corrected chi connectivity index (χ3v) is 4.81. The zero-order chi connectivity index (χ0) is 19.8. The van der Waals surface area contributed by atoms with Gasteiger partial charge in [0.2, 0.25) is 11.8 Å². The van der Waals surface area contributed by atoms with Gasteiger partial charge in [0, 0.05) is 24.6 Å². The van der Waals surface area contributed by atoms with Crippen LogP contribution in [0.1, 0.15) is 31.2 Å². The van der Waals surface area contributed by atoms with Crippen molar-refractivity contribution in [2.24, 2.45) is 5.92 Å². The molecule has 1 aliphatic rings. The molecule has 0 aromatic heterocycles. The Morgan fingerprint density at radius 2 is 1.93 bits per heavy atom. The van der Waals surface area contributed by atoms with Crippen molar-refractivity contribution in [1.82, 2.24) is 5.32 Å². The van der Waals surface area contributed by atoms with Gasteiger partial charge in [0.05, 0.1) is 6.61 Å². The predicted molar refractivity (Wildman–Crippen MR) is 106 cm³/mol. The fourth-order valence-corrected chi connectivity index (χ4v) is 3.22. The summed E-state index contributed by atoms with van der Waals surface area (Å²) < 4.78 is 18.3. The summed E-state index contributed by atoms with van der Waals surface area (Å²) in [5.41, 5.74) is 1.99. The lowest BCUT2D eigenvalue weighted by molar-refractivity contribution is -0.122. The lowest BCUT2D eigenvalue weighted by Gasteiger charge is -2.24. The number of rotatable bonds is 9. The number of benzene rings is 2. The third kappa shape index (κ3) is 5.81. The molecule has 0 spiro atoms. The summed E-state index contributed by atoms with van der Waals surface area (Å²) in [6.45, 7) is 1.09. The fraction of sp³-hybridized carbons (Fsp3) is 0.364. The SMILES string of the molecule is O=C(CCC1Cc2ccccc2NC1=O)NCCCCOc1ccc(F)cc1. The molecule has 1 unspecified atom stereocenters. The monoisotopic (exact) mass is 384 g/mol. The summed E-state index contributed by atoms with van der Waals surface area (Å²) in [6.07, 6.45) is 3.14. The van der Waals surface area contributed by atoms with Gasteiger partial charge in [-0.1, -0.05) is 18.2 Å². The average Bonchev–Trinajstić information content (AvgIpc) is 2.70. The fourth-order valence-electron chi connectivity index (χ4n) is 3.22. The predicted octanol–water partition coefficient (Wildman–Crippen LogP) is 3.69. The van der Waals surface area contributed by atoms with Crippen molar-refractivity contribution in [1.29, 1.82) is 0 Å². The van der Waals surface area contributed by atoms with Gasteiger partial charge in [-0.2, -0.15) is 0 Å². The van der Waals surface area contributed by atoms with Gasteiger partial charge in [-0.05, 0) is 61.6 Å². The number of nitrogens with one attached hydrogen (secondary N) is 2. The minimum absolute atomic E-state index is 0.00978. The van der Waals surface area contributed by atoms with Crippen LogP contribution in [0.25, 0.3) is 0 Å². The Balaban J connectivity index is 1.28. The quantitative estimate of drug-likeness (QED) is 0.648. The number of ether oxygens (including phenoxy) is 1. The first kappa shape index (κ1) is 19.9. The molecule has 148 valence electrons. The van der Waals surface area contributed by atoms with Gasteiger partial charge in [0.1, 0.15) is 11.6 Å². The van der Waals surface area contributed by atoms with E-state index in [2.05, 4.69) is 10.6 Å². The van der Waals surface area contributed by atoms with Crippen LogP contribution in [0.4, 0.5) is 10.1 Å². The van der Waals surface area contributed by atoms with E-state index in [4.69, 9.17) is 4.74 Å². The molecular formula is C22H25FN2O3. The molecule has 28 heavy (non-hydrogen) atoms. The van der Waals surface area contributed by atoms with E-state index in [-0.39, 0.29) is 23.5 Å². The average molecular weight is 384 g/mol. The number of fused-ring (bicyclic) bond motifs is 1. The number of para-hydroxylation sites is 1. The maximum absolute atomic E-state index is 12.8. The molecule has 5 nitrogen and oxygen atoms in total. The molecule has 0 radical (unpaired) electrons. The molecule has 2 aromatic carbocycles. The molecule has 0 saturated carbocycles. The molecule has 2 N–H and O–H groups in total. The number of carbonyl (C=O) groups is 2. The Bertz CT molecular complexity index is 808. The largest absolute Gasteiger partial charge is 0.494 e. The van der Waals surface area contributed by atoms with Crippen molar-refractivity contribution < 1.29 is 18.7 Å². The second-order valence-electron chi connectivity index (χ2n) is 6.95. The van der Waals surface area contributed by atoms with Crippen molar-refractivity contribution in [3.05, 3.63) is 59.9 Å². The van der Waals surface area contributed by atoms with Gasteiger partial charge >= 0.3 is 0 Å². The van der Waals surface area contributed by atoms with Crippen molar-refractivity contribution in [2.75, 3.05) is 18.5 Å². The maximum atomic E-state index is 12.8. The Morgan fingerprint density at radius 3 is 2.75 bits per heavy atom. The first-order valence-corrected chi connectivity index (χ1v) is 9.65. The normalized spacial score (nSPS) is 15.5. The van der Waals surface area contributed by atoms with Crippen LogP contribution in [0.15, 0.2) is 48.5 Å². The van der Waals surface area contributed by atoms with Gasteiger partial charge in [-0.3, -0.25) is 9.59 Å². The first-order valence-electron chi connectivity index (χ1n) is 9.65. The van der Waals surface area contributed by atoms with E-state index in [1.807, 2.05) is 24.3 Å². The standard InChI is InChI=1S/C22H25FN2O3/c23-18-8-10-19(11-9-18)28-14-4-3-13-24-21(26)12-7-17-15-16-5-1-2-6-20(16)25-22(17)27/h1-2,5-6,8-11,17H,3-4,7,12-15H2,(H,24,26)(H,25,27). The molecule has 6 heteroatoms. The van der Waals surface area contributed by atoms with Crippen LogP contribution in [-0.2, 0) is 16.0 Å². The van der Waals surface area contributed by atoms with E-state index in [0.29, 0.717) is 38.2 Å². The van der Waals surface area contributed by atoms with E-state index in [1.54, 1.807) is 12.1 Å². The highest BCUT2D eigenvalue weighted by Gasteiger charge is 2.26. The second kappa shape index (κ2) is 9.88. The van der Waals surface area contributed by atoms with E-state index in [9.17, 15) is 14.0 Å². The summed E-state index contributed by atoms with van der Waals surface area (Å²) in [5, 5.41) is 5.80. The number of hydrogen-bond acceptors (Lipinski definition) is 3. The zero-order valence-electron chi connectivity index (χ0n) is 15.7. The lowest BCUT2D eigenvalue weighted by atomic mass is 9.89.